The molecule has 3 aromatic rings. The Labute approximate surface area is 115 Å². The van der Waals surface area contributed by atoms with E-state index < -0.39 is 5.97 Å². The molecular weight excluding hydrogens is 254 g/mol. The van der Waals surface area contributed by atoms with Crippen molar-refractivity contribution < 1.29 is 9.90 Å². The van der Waals surface area contributed by atoms with Gasteiger partial charge in [0.05, 0.1) is 16.6 Å². The molecule has 5 heteroatoms. The van der Waals surface area contributed by atoms with E-state index in [4.69, 9.17) is 5.11 Å². The third-order valence-corrected chi connectivity index (χ3v) is 3.33. The maximum Gasteiger partial charge on any atom is 0.338 e. The lowest BCUT2D eigenvalue weighted by Gasteiger charge is -2.06. The van der Waals surface area contributed by atoms with Crippen LogP contribution in [0.15, 0.2) is 30.5 Å². The quantitative estimate of drug-likeness (QED) is 0.748. The van der Waals surface area contributed by atoms with Crippen LogP contribution in [-0.4, -0.2) is 26.0 Å². The third kappa shape index (κ3) is 1.84. The minimum atomic E-state index is -0.980. The number of benzene rings is 1. The highest BCUT2D eigenvalue weighted by Crippen LogP contribution is 2.25. The molecule has 0 saturated carbocycles. The first-order valence-electron chi connectivity index (χ1n) is 6.23. The van der Waals surface area contributed by atoms with Crippen molar-refractivity contribution >= 4 is 17.0 Å². The molecular formula is C15H13N3O2. The van der Waals surface area contributed by atoms with Crippen LogP contribution in [0.3, 0.4) is 0 Å². The Hall–Kier alpha value is -2.69. The summed E-state index contributed by atoms with van der Waals surface area (Å²) in [6, 6.07) is 7.84. The Balaban J connectivity index is 2.27. The SMILES string of the molecule is Cc1ccccc1-c1nc(C)c2c(C(=O)O)c[nH]c2n1. The lowest BCUT2D eigenvalue weighted by atomic mass is 10.1. The number of carboxylic acid groups (broad SMARTS) is 1. The van der Waals surface area contributed by atoms with Crippen LogP contribution in [0.5, 0.6) is 0 Å². The van der Waals surface area contributed by atoms with Gasteiger partial charge in [0.15, 0.2) is 5.82 Å². The molecule has 2 aromatic heterocycles. The number of rotatable bonds is 2. The Morgan fingerprint density at radius 1 is 1.20 bits per heavy atom. The molecule has 0 unspecified atom stereocenters. The molecule has 100 valence electrons. The fourth-order valence-electron chi connectivity index (χ4n) is 2.33. The van der Waals surface area contributed by atoms with E-state index in [0.29, 0.717) is 22.6 Å². The zero-order valence-electron chi connectivity index (χ0n) is 11.1. The summed E-state index contributed by atoms with van der Waals surface area (Å²) < 4.78 is 0. The summed E-state index contributed by atoms with van der Waals surface area (Å²) in [5.41, 5.74) is 3.44. The Bertz CT molecular complexity index is 821. The second-order valence-electron chi connectivity index (χ2n) is 4.68. The first-order chi connectivity index (χ1) is 9.58. The van der Waals surface area contributed by atoms with Crippen LogP contribution in [0.25, 0.3) is 22.4 Å². The van der Waals surface area contributed by atoms with Gasteiger partial charge in [0.2, 0.25) is 0 Å². The molecule has 0 fully saturated rings. The summed E-state index contributed by atoms with van der Waals surface area (Å²) in [7, 11) is 0. The second kappa shape index (κ2) is 4.45. The van der Waals surface area contributed by atoms with Gasteiger partial charge in [-0.05, 0) is 19.4 Å². The summed E-state index contributed by atoms with van der Waals surface area (Å²) in [5.74, 6) is -0.376. The van der Waals surface area contributed by atoms with Gasteiger partial charge in [0.25, 0.3) is 0 Å². The number of carbonyl (C=O) groups is 1. The molecule has 0 spiro atoms. The number of fused-ring (bicyclic) bond motifs is 1. The summed E-state index contributed by atoms with van der Waals surface area (Å²) in [6.45, 7) is 3.79. The molecule has 5 nitrogen and oxygen atoms in total. The first-order valence-corrected chi connectivity index (χ1v) is 6.23. The Kier molecular flexibility index (Phi) is 2.75. The van der Waals surface area contributed by atoms with Crippen molar-refractivity contribution in [3.63, 3.8) is 0 Å². The summed E-state index contributed by atoms with van der Waals surface area (Å²) in [6.07, 6.45) is 1.45. The van der Waals surface area contributed by atoms with E-state index in [9.17, 15) is 4.79 Å². The largest absolute Gasteiger partial charge is 0.478 e. The summed E-state index contributed by atoms with van der Waals surface area (Å²) in [5, 5.41) is 9.72. The molecule has 0 aliphatic rings. The number of nitrogens with zero attached hydrogens (tertiary/aromatic N) is 2. The van der Waals surface area contributed by atoms with Crippen molar-refractivity contribution in [3.8, 4) is 11.4 Å². The average molecular weight is 267 g/mol. The summed E-state index contributed by atoms with van der Waals surface area (Å²) >= 11 is 0. The van der Waals surface area contributed by atoms with Crippen molar-refractivity contribution in [2.24, 2.45) is 0 Å². The van der Waals surface area contributed by atoms with Gasteiger partial charge in [-0.25, -0.2) is 14.8 Å². The lowest BCUT2D eigenvalue weighted by Crippen LogP contribution is -1.99. The Morgan fingerprint density at radius 2 is 1.95 bits per heavy atom. The van der Waals surface area contributed by atoms with Gasteiger partial charge >= 0.3 is 5.97 Å². The summed E-state index contributed by atoms with van der Waals surface area (Å²) in [4.78, 5) is 23.0. The molecule has 20 heavy (non-hydrogen) atoms. The number of H-pyrrole nitrogens is 1. The zero-order valence-corrected chi connectivity index (χ0v) is 11.1. The predicted molar refractivity (Wildman–Crippen MR) is 75.8 cm³/mol. The first kappa shape index (κ1) is 12.3. The van der Waals surface area contributed by atoms with Gasteiger partial charge in [-0.1, -0.05) is 24.3 Å². The van der Waals surface area contributed by atoms with E-state index in [1.54, 1.807) is 6.92 Å². The second-order valence-corrected chi connectivity index (χ2v) is 4.68. The fraction of sp³-hybridized carbons (Fsp3) is 0.133. The number of aromatic carboxylic acids is 1. The van der Waals surface area contributed by atoms with Gasteiger partial charge in [-0.3, -0.25) is 0 Å². The topological polar surface area (TPSA) is 78.9 Å². The molecule has 0 atom stereocenters. The van der Waals surface area contributed by atoms with Crippen LogP contribution >= 0.6 is 0 Å². The van der Waals surface area contributed by atoms with Crippen molar-refractivity contribution in [2.75, 3.05) is 0 Å². The zero-order chi connectivity index (χ0) is 14.3. The van der Waals surface area contributed by atoms with E-state index in [0.717, 1.165) is 11.1 Å². The smallest absolute Gasteiger partial charge is 0.338 e. The minimum absolute atomic E-state index is 0.203. The van der Waals surface area contributed by atoms with Gasteiger partial charge in [0.1, 0.15) is 5.65 Å². The van der Waals surface area contributed by atoms with Crippen LogP contribution < -0.4 is 0 Å². The van der Waals surface area contributed by atoms with Crippen molar-refractivity contribution in [3.05, 3.63) is 47.3 Å². The molecule has 0 bridgehead atoms. The number of hydrogen-bond donors (Lipinski definition) is 2. The average Bonchev–Trinajstić information content (AvgIpc) is 2.83. The van der Waals surface area contributed by atoms with E-state index in [-0.39, 0.29) is 5.56 Å². The third-order valence-electron chi connectivity index (χ3n) is 3.33. The van der Waals surface area contributed by atoms with Crippen LogP contribution in [0.2, 0.25) is 0 Å². The number of aromatic nitrogens is 3. The molecule has 2 heterocycles. The standard InChI is InChI=1S/C15H13N3O2/c1-8-5-3-4-6-10(8)13-17-9(2)12-11(15(19)20)7-16-14(12)18-13/h3-7H,1-2H3,(H,19,20)(H,16,17,18). The van der Waals surface area contributed by atoms with E-state index in [2.05, 4.69) is 15.0 Å². The number of aromatic amines is 1. The maximum absolute atomic E-state index is 11.2. The number of aryl methyl sites for hydroxylation is 2. The number of nitrogens with one attached hydrogen (secondary N) is 1. The van der Waals surface area contributed by atoms with Crippen LogP contribution in [-0.2, 0) is 0 Å². The number of hydrogen-bond acceptors (Lipinski definition) is 3. The molecule has 0 aliphatic heterocycles. The van der Waals surface area contributed by atoms with Gasteiger partial charge < -0.3 is 10.1 Å². The lowest BCUT2D eigenvalue weighted by molar-refractivity contribution is 0.0699. The van der Waals surface area contributed by atoms with E-state index >= 15 is 0 Å². The van der Waals surface area contributed by atoms with Gasteiger partial charge in [-0.15, -0.1) is 0 Å². The van der Waals surface area contributed by atoms with E-state index in [1.807, 2.05) is 31.2 Å². The van der Waals surface area contributed by atoms with Gasteiger partial charge in [0, 0.05) is 11.8 Å². The highest BCUT2D eigenvalue weighted by molar-refractivity contribution is 6.03. The van der Waals surface area contributed by atoms with Crippen LogP contribution in [0, 0.1) is 13.8 Å². The monoisotopic (exact) mass is 267 g/mol. The molecule has 1 aromatic carbocycles. The van der Waals surface area contributed by atoms with Crippen molar-refractivity contribution in [1.82, 2.24) is 15.0 Å². The highest BCUT2D eigenvalue weighted by Gasteiger charge is 2.16. The molecule has 0 saturated heterocycles. The Morgan fingerprint density at radius 3 is 2.65 bits per heavy atom. The molecule has 3 rings (SSSR count). The highest BCUT2D eigenvalue weighted by atomic mass is 16.4. The molecule has 0 radical (unpaired) electrons. The molecule has 2 N–H and O–H groups in total. The van der Waals surface area contributed by atoms with Crippen LogP contribution in [0.4, 0.5) is 0 Å². The van der Waals surface area contributed by atoms with E-state index in [1.165, 1.54) is 6.20 Å². The fourth-order valence-corrected chi connectivity index (χ4v) is 2.33. The van der Waals surface area contributed by atoms with Crippen molar-refractivity contribution in [2.45, 2.75) is 13.8 Å². The van der Waals surface area contributed by atoms with Crippen molar-refractivity contribution in [1.29, 1.82) is 0 Å². The van der Waals surface area contributed by atoms with Gasteiger partial charge in [-0.2, -0.15) is 0 Å². The minimum Gasteiger partial charge on any atom is -0.478 e. The maximum atomic E-state index is 11.2. The normalized spacial score (nSPS) is 10.9. The number of carboxylic acids is 1. The molecule has 0 aliphatic carbocycles. The van der Waals surface area contributed by atoms with Crippen LogP contribution in [0.1, 0.15) is 21.6 Å². The molecule has 0 amide bonds. The predicted octanol–water partition coefficient (Wildman–Crippen LogP) is 2.94.